The van der Waals surface area contributed by atoms with Crippen molar-refractivity contribution in [3.05, 3.63) is 68.8 Å². The summed E-state index contributed by atoms with van der Waals surface area (Å²) in [7, 11) is -3.42. The number of aliphatic carboxylic acids is 1. The van der Waals surface area contributed by atoms with Gasteiger partial charge in [-0.1, -0.05) is 50.1 Å². The van der Waals surface area contributed by atoms with E-state index >= 15 is 0 Å². The number of aromatic nitrogens is 4. The third-order valence-electron chi connectivity index (χ3n) is 10.2. The molecule has 4 atom stereocenters. The van der Waals surface area contributed by atoms with Crippen LogP contribution < -0.4 is 66.7 Å². The van der Waals surface area contributed by atoms with Gasteiger partial charge in [0.15, 0.2) is 5.78 Å². The van der Waals surface area contributed by atoms with Crippen LogP contribution in [0.1, 0.15) is 131 Å². The van der Waals surface area contributed by atoms with E-state index in [1.54, 1.807) is 19.1 Å². The number of esters is 1. The molecule has 5 heterocycles. The van der Waals surface area contributed by atoms with Crippen molar-refractivity contribution in [2.45, 2.75) is 90.9 Å². The molecular formula is C37H42KN5O9PdS. The molecule has 0 spiro atoms. The summed E-state index contributed by atoms with van der Waals surface area (Å²) in [6.45, 7) is 10.5. The Labute approximate surface area is 370 Å². The van der Waals surface area contributed by atoms with Crippen molar-refractivity contribution in [1.29, 1.82) is 0 Å². The molecule has 0 aliphatic carbocycles. The van der Waals surface area contributed by atoms with E-state index in [1.807, 2.05) is 33.8 Å². The molecule has 5 rings (SSSR count). The van der Waals surface area contributed by atoms with E-state index in [0.29, 0.717) is 62.4 Å². The number of rotatable bonds is 11. The summed E-state index contributed by atoms with van der Waals surface area (Å²) in [5, 5.41) is 12.2. The normalized spacial score (nSPS) is 17.9. The molecule has 2 aliphatic rings. The Morgan fingerprint density at radius 1 is 0.926 bits per heavy atom. The van der Waals surface area contributed by atoms with Crippen molar-refractivity contribution in [1.82, 2.24) is 25.3 Å². The van der Waals surface area contributed by atoms with Gasteiger partial charge in [-0.25, -0.2) is 8.42 Å². The Hall–Kier alpha value is -2.59. The number of ether oxygens (including phenoxy) is 1. The minimum atomic E-state index is -4.63. The van der Waals surface area contributed by atoms with Gasteiger partial charge in [-0.05, 0) is 39.2 Å². The van der Waals surface area contributed by atoms with Crippen LogP contribution >= 0.6 is 0 Å². The van der Waals surface area contributed by atoms with Crippen molar-refractivity contribution in [2.75, 3.05) is 19.4 Å². The first-order valence-corrected chi connectivity index (χ1v) is 18.7. The summed E-state index contributed by atoms with van der Waals surface area (Å²) in [5.41, 5.74) is 5.52. The van der Waals surface area contributed by atoms with Crippen molar-refractivity contribution in [3.8, 4) is 0 Å². The Balaban J connectivity index is 0.00000392. The zero-order valence-electron chi connectivity index (χ0n) is 31.5. The van der Waals surface area contributed by atoms with Crippen molar-refractivity contribution in [3.63, 3.8) is 0 Å². The third-order valence-corrected chi connectivity index (χ3v) is 10.9. The van der Waals surface area contributed by atoms with Gasteiger partial charge in [-0.3, -0.25) is 29.1 Å². The molecule has 8 bridgehead atoms. The predicted octanol–water partition coefficient (Wildman–Crippen LogP) is 1.43. The Bertz CT molecular complexity index is 2250. The zero-order chi connectivity index (χ0) is 38.2. The van der Waals surface area contributed by atoms with Crippen molar-refractivity contribution in [2.24, 2.45) is 0 Å². The molecule has 0 saturated carbocycles. The molecule has 2 N–H and O–H groups in total. The molecule has 2 aliphatic heterocycles. The Kier molecular flexibility index (Phi) is 15.7. The number of carboxylic acids is 1. The number of nitrogens with zero attached hydrogens (tertiary/aromatic N) is 4. The Morgan fingerprint density at radius 3 is 2.09 bits per heavy atom. The maximum Gasteiger partial charge on any atom is 2.00 e. The molecule has 0 saturated heterocycles. The van der Waals surface area contributed by atoms with E-state index in [-0.39, 0.29) is 131 Å². The minimum Gasteiger partial charge on any atom is -0.748 e. The maximum absolute atomic E-state index is 13.9. The molecule has 0 fully saturated rings. The number of hydrogen-bond donors (Lipinski definition) is 2. The fourth-order valence-corrected chi connectivity index (χ4v) is 7.69. The number of amides is 1. The molecule has 3 aromatic heterocycles. The summed E-state index contributed by atoms with van der Waals surface area (Å²) in [6, 6.07) is 5.37. The van der Waals surface area contributed by atoms with Crippen LogP contribution in [-0.2, 0) is 51.3 Å². The van der Waals surface area contributed by atoms with Crippen LogP contribution in [0, 0.1) is 13.8 Å². The molecule has 1 amide bonds. The van der Waals surface area contributed by atoms with E-state index in [2.05, 4.69) is 5.32 Å². The molecule has 0 radical (unpaired) electrons. The average molecular weight is 878 g/mol. The molecule has 17 heteroatoms. The number of hydrogen-bond acceptors (Lipinski definition) is 10. The number of carbonyl (C=O) groups excluding carboxylic acids is 3. The number of fused-ring (bicyclic) bond motifs is 8. The quantitative estimate of drug-likeness (QED) is 0.121. The summed E-state index contributed by atoms with van der Waals surface area (Å²) in [5.74, 6) is -4.45. The molecule has 0 aromatic carbocycles. The molecule has 3 aromatic rings. The van der Waals surface area contributed by atoms with Gasteiger partial charge < -0.3 is 29.7 Å². The largest absolute Gasteiger partial charge is 2.00 e. The smallest absolute Gasteiger partial charge is 0.748 e. The van der Waals surface area contributed by atoms with E-state index in [4.69, 9.17) is 24.7 Å². The SMILES string of the molecule is CC[C@H]1c2cc3[n-]c(c(CC(=O)OC)c4nc(cc5[n-]c(cc(n2)C1C)c(C(C)=O)c5C)C(C)[C@@H]4CCC(=O)O)c(C(=O)NCCS(=O)(=O)[O-])c3C.[K+].[Pd+2]. The average Bonchev–Trinajstić information content (AvgIpc) is 3.74. The summed E-state index contributed by atoms with van der Waals surface area (Å²) in [6.07, 6.45) is 0.252. The summed E-state index contributed by atoms with van der Waals surface area (Å²) in [4.78, 5) is 71.6. The number of ketones is 1. The van der Waals surface area contributed by atoms with E-state index in [1.165, 1.54) is 14.0 Å². The van der Waals surface area contributed by atoms with Crippen LogP contribution in [0.2, 0.25) is 0 Å². The van der Waals surface area contributed by atoms with Gasteiger partial charge in [-0.15, -0.1) is 22.1 Å². The van der Waals surface area contributed by atoms with Gasteiger partial charge in [0.1, 0.15) is 0 Å². The second-order valence-electron chi connectivity index (χ2n) is 13.5. The first-order valence-electron chi connectivity index (χ1n) is 17.1. The molecule has 14 nitrogen and oxygen atoms in total. The van der Waals surface area contributed by atoms with Gasteiger partial charge in [-0.2, -0.15) is 0 Å². The van der Waals surface area contributed by atoms with Gasteiger partial charge in [0.2, 0.25) is 5.91 Å². The number of aryl methyl sites for hydroxylation is 2. The van der Waals surface area contributed by atoms with Gasteiger partial charge >= 0.3 is 83.7 Å². The molecular weight excluding hydrogens is 836 g/mol. The first-order chi connectivity index (χ1) is 24.4. The van der Waals surface area contributed by atoms with Crippen molar-refractivity contribution >= 4 is 55.8 Å². The third kappa shape index (κ3) is 9.67. The monoisotopic (exact) mass is 877 g/mol. The fraction of sp³-hybridized carbons (Fsp3) is 0.459. The van der Waals surface area contributed by atoms with Crippen LogP contribution in [0.4, 0.5) is 0 Å². The molecule has 54 heavy (non-hydrogen) atoms. The van der Waals surface area contributed by atoms with Gasteiger partial charge in [0.25, 0.3) is 0 Å². The first kappa shape index (κ1) is 45.8. The van der Waals surface area contributed by atoms with Crippen LogP contribution in [0.3, 0.4) is 0 Å². The number of carbonyl (C=O) groups is 4. The van der Waals surface area contributed by atoms with Crippen LogP contribution in [-0.4, -0.2) is 71.1 Å². The number of Topliss-reactive ketones (excluding diaryl/α,β-unsaturated/α-hetero) is 1. The predicted molar refractivity (Wildman–Crippen MR) is 191 cm³/mol. The molecule has 286 valence electrons. The van der Waals surface area contributed by atoms with Gasteiger partial charge in [0.05, 0.1) is 29.4 Å². The number of carboxylic acid groups (broad SMARTS) is 1. The Morgan fingerprint density at radius 2 is 1.50 bits per heavy atom. The standard InChI is InChI=1S/C37H45N5O9S.K.Pd/c1-8-22-17(2)25-16-30-33(21(6)43)19(4)27(40-30)14-26-18(3)23(9-10-31(44)45)35(41-26)24(13-32(46)51-7)36-34(37(47)38-11-12-52(48,49)50)20(5)28(42-36)15-29(22)39-25;;/h14-18,22-23H,8-13H2,1-7H3,(H5,38,39,40,41,42,43,44,45,47,48,49,50);;/q;+1;+2/p-3/t17?,18?,22-,23+;;/m1../s1. The molecule has 2 unspecified atom stereocenters. The topological polar surface area (TPSA) is 221 Å². The van der Waals surface area contributed by atoms with Crippen LogP contribution in [0.25, 0.3) is 22.1 Å². The number of methoxy groups -OCH3 is 1. The van der Waals surface area contributed by atoms with Crippen molar-refractivity contribution < 1.29 is 114 Å². The second-order valence-corrected chi connectivity index (χ2v) is 15.0. The van der Waals surface area contributed by atoms with E-state index < -0.39 is 46.2 Å². The zero-order valence-corrected chi connectivity index (χ0v) is 37.0. The van der Waals surface area contributed by atoms with Crippen LogP contribution in [0.15, 0.2) is 18.2 Å². The second kappa shape index (κ2) is 18.6. The summed E-state index contributed by atoms with van der Waals surface area (Å²) >= 11 is 0. The summed E-state index contributed by atoms with van der Waals surface area (Å²) < 4.78 is 39.1. The van der Waals surface area contributed by atoms with E-state index in [0.717, 1.165) is 0 Å². The number of nitrogens with one attached hydrogen (secondary N) is 1. The van der Waals surface area contributed by atoms with Crippen LogP contribution in [0.5, 0.6) is 0 Å². The maximum atomic E-state index is 13.9. The fourth-order valence-electron chi connectivity index (χ4n) is 7.34. The minimum absolute atomic E-state index is 0. The van der Waals surface area contributed by atoms with Gasteiger partial charge in [0, 0.05) is 70.5 Å². The van der Waals surface area contributed by atoms with E-state index in [9.17, 15) is 37.3 Å².